The van der Waals surface area contributed by atoms with Crippen LogP contribution in [0.4, 0.5) is 0 Å². The first-order chi connectivity index (χ1) is 8.18. The van der Waals surface area contributed by atoms with E-state index in [1.165, 1.54) is 0 Å². The third-order valence-corrected chi connectivity index (χ3v) is 3.72. The molecular formula is C13H20N2O2. The third-order valence-electron chi connectivity index (χ3n) is 3.72. The van der Waals surface area contributed by atoms with Crippen LogP contribution in [0.2, 0.25) is 0 Å². The molecule has 1 N–H and O–H groups in total. The first-order valence-corrected chi connectivity index (χ1v) is 6.39. The predicted octanol–water partition coefficient (Wildman–Crippen LogP) is 1.22. The summed E-state index contributed by atoms with van der Waals surface area (Å²) in [6.07, 6.45) is 7.34. The Balaban J connectivity index is 2.12. The molecule has 0 bridgehead atoms. The topological polar surface area (TPSA) is 49.4 Å². The summed E-state index contributed by atoms with van der Waals surface area (Å²) in [6, 6.07) is 0. The first kappa shape index (κ1) is 12.1. The minimum Gasteiger partial charge on any atom is -0.340 e. The van der Waals surface area contributed by atoms with E-state index in [-0.39, 0.29) is 18.4 Å². The fourth-order valence-corrected chi connectivity index (χ4v) is 2.83. The van der Waals surface area contributed by atoms with Gasteiger partial charge in [0, 0.05) is 6.54 Å². The van der Waals surface area contributed by atoms with Gasteiger partial charge in [-0.3, -0.25) is 9.59 Å². The monoisotopic (exact) mass is 236 g/mol. The molecule has 1 saturated carbocycles. The van der Waals surface area contributed by atoms with Crippen molar-refractivity contribution in [2.75, 3.05) is 13.1 Å². The van der Waals surface area contributed by atoms with Crippen molar-refractivity contribution in [1.82, 2.24) is 10.2 Å². The van der Waals surface area contributed by atoms with E-state index in [1.807, 2.05) is 0 Å². The minimum absolute atomic E-state index is 0.0180. The van der Waals surface area contributed by atoms with Crippen LogP contribution in [0.5, 0.6) is 0 Å². The molecule has 4 heteroatoms. The van der Waals surface area contributed by atoms with Gasteiger partial charge in [-0.05, 0) is 19.3 Å². The van der Waals surface area contributed by atoms with Crippen molar-refractivity contribution < 1.29 is 9.59 Å². The maximum absolute atomic E-state index is 12.4. The smallest absolute Gasteiger partial charge is 0.248 e. The van der Waals surface area contributed by atoms with Crippen LogP contribution in [0.25, 0.3) is 0 Å². The van der Waals surface area contributed by atoms with Gasteiger partial charge >= 0.3 is 0 Å². The Bertz CT molecular complexity index is 332. The van der Waals surface area contributed by atoms with Gasteiger partial charge in [0.15, 0.2) is 0 Å². The summed E-state index contributed by atoms with van der Waals surface area (Å²) in [4.78, 5) is 25.8. The number of carbonyl (C=O) groups excluding carboxylic acids is 2. The predicted molar refractivity (Wildman–Crippen MR) is 65.4 cm³/mol. The van der Waals surface area contributed by atoms with Crippen LogP contribution in [0.1, 0.15) is 38.5 Å². The van der Waals surface area contributed by atoms with E-state index in [4.69, 9.17) is 0 Å². The van der Waals surface area contributed by atoms with Crippen molar-refractivity contribution >= 4 is 11.8 Å². The summed E-state index contributed by atoms with van der Waals surface area (Å²) in [5.74, 6) is 0.0919. The van der Waals surface area contributed by atoms with E-state index < -0.39 is 5.54 Å². The standard InChI is InChI=1S/C13H20N2O2/c1-2-3-9-15-10-11(16)14-13(12(15)17)7-5-4-6-8-13/h2H,1,3-10H2,(H,14,16). The van der Waals surface area contributed by atoms with E-state index in [9.17, 15) is 9.59 Å². The van der Waals surface area contributed by atoms with Crippen molar-refractivity contribution in [1.29, 1.82) is 0 Å². The van der Waals surface area contributed by atoms with Crippen molar-refractivity contribution in [2.24, 2.45) is 0 Å². The number of piperazine rings is 1. The molecule has 0 unspecified atom stereocenters. The minimum atomic E-state index is -0.589. The summed E-state index contributed by atoms with van der Waals surface area (Å²) in [7, 11) is 0. The summed E-state index contributed by atoms with van der Waals surface area (Å²) in [5.41, 5.74) is -0.589. The molecule has 0 atom stereocenters. The molecule has 1 spiro atoms. The molecule has 0 aromatic carbocycles. The molecule has 2 amide bonds. The van der Waals surface area contributed by atoms with Gasteiger partial charge in [0.1, 0.15) is 5.54 Å². The molecule has 1 heterocycles. The highest BCUT2D eigenvalue weighted by molar-refractivity contribution is 5.98. The van der Waals surface area contributed by atoms with Crippen LogP contribution in [0, 0.1) is 0 Å². The number of nitrogens with one attached hydrogen (secondary N) is 1. The second-order valence-corrected chi connectivity index (χ2v) is 5.00. The fourth-order valence-electron chi connectivity index (χ4n) is 2.83. The second-order valence-electron chi connectivity index (χ2n) is 5.00. The van der Waals surface area contributed by atoms with Crippen LogP contribution >= 0.6 is 0 Å². The van der Waals surface area contributed by atoms with E-state index in [1.54, 1.807) is 11.0 Å². The Labute approximate surface area is 102 Å². The van der Waals surface area contributed by atoms with Gasteiger partial charge in [0.2, 0.25) is 11.8 Å². The summed E-state index contributed by atoms with van der Waals surface area (Å²) in [6.45, 7) is 4.47. The van der Waals surface area contributed by atoms with Crippen molar-refractivity contribution in [3.63, 3.8) is 0 Å². The molecule has 4 nitrogen and oxygen atoms in total. The highest BCUT2D eigenvalue weighted by atomic mass is 16.2. The van der Waals surface area contributed by atoms with Gasteiger partial charge in [-0.1, -0.05) is 25.3 Å². The second kappa shape index (κ2) is 4.90. The third kappa shape index (κ3) is 2.35. The molecule has 0 radical (unpaired) electrons. The molecule has 0 aromatic rings. The van der Waals surface area contributed by atoms with Crippen LogP contribution in [-0.2, 0) is 9.59 Å². The number of hydrogen-bond donors (Lipinski definition) is 1. The first-order valence-electron chi connectivity index (χ1n) is 6.39. The zero-order chi connectivity index (χ0) is 12.3. The van der Waals surface area contributed by atoms with Gasteiger partial charge in [-0.15, -0.1) is 6.58 Å². The van der Waals surface area contributed by atoms with Gasteiger partial charge in [0.25, 0.3) is 0 Å². The lowest BCUT2D eigenvalue weighted by atomic mass is 9.79. The molecule has 2 fully saturated rings. The van der Waals surface area contributed by atoms with Gasteiger partial charge in [0.05, 0.1) is 6.54 Å². The maximum Gasteiger partial charge on any atom is 0.248 e. The molecule has 0 aromatic heterocycles. The highest BCUT2D eigenvalue weighted by Gasteiger charge is 2.46. The van der Waals surface area contributed by atoms with Crippen molar-refractivity contribution in [3.05, 3.63) is 12.7 Å². The van der Waals surface area contributed by atoms with Crippen LogP contribution < -0.4 is 5.32 Å². The number of carbonyl (C=O) groups is 2. The lowest BCUT2D eigenvalue weighted by Gasteiger charge is -2.44. The lowest BCUT2D eigenvalue weighted by molar-refractivity contribution is -0.151. The Kier molecular flexibility index (Phi) is 3.50. The number of rotatable bonds is 3. The molecule has 1 saturated heterocycles. The Hall–Kier alpha value is -1.32. The molecule has 2 aliphatic rings. The maximum atomic E-state index is 12.4. The molecule has 17 heavy (non-hydrogen) atoms. The van der Waals surface area contributed by atoms with E-state index in [0.29, 0.717) is 6.54 Å². The zero-order valence-electron chi connectivity index (χ0n) is 10.2. The Morgan fingerprint density at radius 1 is 1.29 bits per heavy atom. The SMILES string of the molecule is C=CCCN1CC(=O)NC2(CCCCC2)C1=O. The number of nitrogens with zero attached hydrogens (tertiary/aromatic N) is 1. The molecule has 94 valence electrons. The Morgan fingerprint density at radius 2 is 2.00 bits per heavy atom. The largest absolute Gasteiger partial charge is 0.340 e. The molecular weight excluding hydrogens is 216 g/mol. The quantitative estimate of drug-likeness (QED) is 0.749. The molecule has 1 aliphatic heterocycles. The van der Waals surface area contributed by atoms with Crippen LogP contribution in [-0.4, -0.2) is 35.3 Å². The number of hydrogen-bond acceptors (Lipinski definition) is 2. The van der Waals surface area contributed by atoms with E-state index in [2.05, 4.69) is 11.9 Å². The number of amides is 2. The van der Waals surface area contributed by atoms with E-state index >= 15 is 0 Å². The molecule has 1 aliphatic carbocycles. The summed E-state index contributed by atoms with van der Waals surface area (Å²) < 4.78 is 0. The van der Waals surface area contributed by atoms with E-state index in [0.717, 1.165) is 38.5 Å². The average Bonchev–Trinajstić information content (AvgIpc) is 2.33. The van der Waals surface area contributed by atoms with Gasteiger partial charge in [-0.25, -0.2) is 0 Å². The van der Waals surface area contributed by atoms with Gasteiger partial charge in [-0.2, -0.15) is 0 Å². The van der Waals surface area contributed by atoms with Crippen LogP contribution in [0.15, 0.2) is 12.7 Å². The fraction of sp³-hybridized carbons (Fsp3) is 0.692. The molecule has 2 rings (SSSR count). The lowest BCUT2D eigenvalue weighted by Crippen LogP contribution is -2.67. The van der Waals surface area contributed by atoms with Crippen molar-refractivity contribution in [3.8, 4) is 0 Å². The van der Waals surface area contributed by atoms with Crippen molar-refractivity contribution in [2.45, 2.75) is 44.1 Å². The zero-order valence-corrected chi connectivity index (χ0v) is 10.2. The highest BCUT2D eigenvalue weighted by Crippen LogP contribution is 2.31. The van der Waals surface area contributed by atoms with Gasteiger partial charge < -0.3 is 10.2 Å². The summed E-state index contributed by atoms with van der Waals surface area (Å²) in [5, 5.41) is 2.93. The Morgan fingerprint density at radius 3 is 2.65 bits per heavy atom. The van der Waals surface area contributed by atoms with Crippen LogP contribution in [0.3, 0.4) is 0 Å². The normalized spacial score (nSPS) is 23.6. The average molecular weight is 236 g/mol. The summed E-state index contributed by atoms with van der Waals surface area (Å²) >= 11 is 0.